The van der Waals surface area contributed by atoms with Crippen molar-refractivity contribution in [1.29, 1.82) is 0 Å². The van der Waals surface area contributed by atoms with E-state index in [-0.39, 0.29) is 6.03 Å². The van der Waals surface area contributed by atoms with Crippen molar-refractivity contribution in [3.8, 4) is 22.5 Å². The number of aromatic nitrogens is 4. The first-order valence-electron chi connectivity index (χ1n) is 12.9. The zero-order valence-electron chi connectivity index (χ0n) is 21.4. The summed E-state index contributed by atoms with van der Waals surface area (Å²) < 4.78 is 0. The molecule has 1 aliphatic rings. The van der Waals surface area contributed by atoms with E-state index in [0.29, 0.717) is 11.9 Å². The summed E-state index contributed by atoms with van der Waals surface area (Å²) in [6.45, 7) is 2.03. The molecule has 0 spiro atoms. The average Bonchev–Trinajstić information content (AvgIpc) is 3.32. The molecule has 0 radical (unpaired) electrons. The van der Waals surface area contributed by atoms with Crippen molar-refractivity contribution in [2.45, 2.75) is 51.5 Å². The third-order valence-corrected chi connectivity index (χ3v) is 7.15. The Morgan fingerprint density at radius 1 is 0.919 bits per heavy atom. The number of aryl methyl sites for hydroxylation is 1. The summed E-state index contributed by atoms with van der Waals surface area (Å²) in [5.41, 5.74) is 6.51. The molecule has 0 unspecified atom stereocenters. The van der Waals surface area contributed by atoms with Gasteiger partial charge >= 0.3 is 6.03 Å². The molecule has 0 bridgehead atoms. The molecule has 3 N–H and O–H groups in total. The number of hydrogen-bond acceptors (Lipinski definition) is 5. The van der Waals surface area contributed by atoms with Gasteiger partial charge in [0.05, 0.1) is 11.4 Å². The molecule has 8 heteroatoms. The van der Waals surface area contributed by atoms with Gasteiger partial charge in [-0.3, -0.25) is 0 Å². The molecule has 190 valence electrons. The normalized spacial score (nSPS) is 14.1. The molecule has 5 rings (SSSR count). The fraction of sp³-hybridized carbons (Fsp3) is 0.310. The van der Waals surface area contributed by atoms with Crippen LogP contribution >= 0.6 is 0 Å². The Hall–Kier alpha value is -4.20. The molecule has 1 fully saturated rings. The highest BCUT2D eigenvalue weighted by molar-refractivity contribution is 6.02. The number of carbonyl (C=O) groups excluding carboxylic acids is 1. The van der Waals surface area contributed by atoms with Crippen LogP contribution in [0, 0.1) is 6.92 Å². The van der Waals surface area contributed by atoms with Gasteiger partial charge in [-0.1, -0.05) is 73.7 Å². The van der Waals surface area contributed by atoms with Crippen LogP contribution in [0.15, 0.2) is 66.7 Å². The van der Waals surface area contributed by atoms with Crippen molar-refractivity contribution in [3.05, 3.63) is 72.3 Å². The maximum absolute atomic E-state index is 13.1. The number of anilines is 3. The first kappa shape index (κ1) is 24.5. The third-order valence-electron chi connectivity index (χ3n) is 7.15. The van der Waals surface area contributed by atoms with Crippen molar-refractivity contribution in [1.82, 2.24) is 20.6 Å². The SMILES string of the molecule is Cc1ccc(NC(=O)Nc2cc(-c3ccccc3-c3nnn[nH]3)ccc2N(C)C2CCCCCC2)cc1. The fourth-order valence-electron chi connectivity index (χ4n) is 5.09. The molecule has 0 saturated heterocycles. The maximum Gasteiger partial charge on any atom is 0.323 e. The first-order valence-corrected chi connectivity index (χ1v) is 12.9. The summed E-state index contributed by atoms with van der Waals surface area (Å²) in [4.78, 5) is 15.4. The molecule has 3 aromatic carbocycles. The van der Waals surface area contributed by atoms with Crippen molar-refractivity contribution in [2.24, 2.45) is 0 Å². The van der Waals surface area contributed by atoms with Crippen LogP contribution in [0.3, 0.4) is 0 Å². The van der Waals surface area contributed by atoms with Crippen LogP contribution in [0.25, 0.3) is 22.5 Å². The minimum absolute atomic E-state index is 0.274. The van der Waals surface area contributed by atoms with E-state index in [1.165, 1.54) is 25.7 Å². The number of nitrogens with one attached hydrogen (secondary N) is 3. The Morgan fingerprint density at radius 2 is 1.65 bits per heavy atom. The summed E-state index contributed by atoms with van der Waals surface area (Å²) in [6, 6.07) is 22.2. The first-order chi connectivity index (χ1) is 18.1. The summed E-state index contributed by atoms with van der Waals surface area (Å²) >= 11 is 0. The molecule has 2 amide bonds. The Balaban J connectivity index is 1.49. The molecule has 1 aromatic heterocycles. The van der Waals surface area contributed by atoms with E-state index in [1.54, 1.807) is 0 Å². The number of H-pyrrole nitrogens is 1. The second-order valence-corrected chi connectivity index (χ2v) is 9.73. The topological polar surface area (TPSA) is 98.8 Å². The van der Waals surface area contributed by atoms with Crippen LogP contribution in [0.2, 0.25) is 0 Å². The average molecular weight is 496 g/mol. The van der Waals surface area contributed by atoms with Gasteiger partial charge in [0, 0.05) is 24.3 Å². The number of aromatic amines is 1. The number of urea groups is 1. The van der Waals surface area contributed by atoms with Crippen molar-refractivity contribution in [2.75, 3.05) is 22.6 Å². The molecule has 4 aromatic rings. The smallest absolute Gasteiger partial charge is 0.323 e. The number of amides is 2. The zero-order chi connectivity index (χ0) is 25.6. The lowest BCUT2D eigenvalue weighted by Gasteiger charge is -2.31. The highest BCUT2D eigenvalue weighted by atomic mass is 16.2. The number of nitrogens with zero attached hydrogens (tertiary/aromatic N) is 4. The Labute approximate surface area is 217 Å². The minimum Gasteiger partial charge on any atom is -0.370 e. The molecule has 1 heterocycles. The largest absolute Gasteiger partial charge is 0.370 e. The van der Waals surface area contributed by atoms with Gasteiger partial charge in [-0.2, -0.15) is 0 Å². The van der Waals surface area contributed by atoms with Crippen molar-refractivity contribution >= 4 is 23.1 Å². The van der Waals surface area contributed by atoms with E-state index in [1.807, 2.05) is 61.5 Å². The number of hydrogen-bond donors (Lipinski definition) is 3. The number of benzene rings is 3. The fourth-order valence-corrected chi connectivity index (χ4v) is 5.09. The lowest BCUT2D eigenvalue weighted by molar-refractivity contribution is 0.262. The zero-order valence-corrected chi connectivity index (χ0v) is 21.4. The standard InChI is InChI=1S/C29H33N7O/c1-20-13-16-22(17-14-20)30-29(37)31-26-19-21(24-11-7-8-12-25(24)28-32-34-35-33-28)15-18-27(26)36(2)23-9-5-3-4-6-10-23/h7-8,11-19,23H,3-6,9-10H2,1-2H3,(H2,30,31,37)(H,32,33,34,35). The maximum atomic E-state index is 13.1. The molecule has 1 saturated carbocycles. The van der Waals surface area contributed by atoms with E-state index in [2.05, 4.69) is 55.3 Å². The van der Waals surface area contributed by atoms with Gasteiger partial charge in [-0.15, -0.1) is 5.10 Å². The van der Waals surface area contributed by atoms with Gasteiger partial charge in [-0.05, 0) is 65.6 Å². The molecule has 37 heavy (non-hydrogen) atoms. The van der Waals surface area contributed by atoms with Crippen molar-refractivity contribution in [3.63, 3.8) is 0 Å². The van der Waals surface area contributed by atoms with Gasteiger partial charge in [-0.25, -0.2) is 9.89 Å². The Morgan fingerprint density at radius 3 is 2.35 bits per heavy atom. The number of rotatable bonds is 6. The predicted octanol–water partition coefficient (Wildman–Crippen LogP) is 6.65. The van der Waals surface area contributed by atoms with Gasteiger partial charge in [0.1, 0.15) is 0 Å². The van der Waals surface area contributed by atoms with Crippen LogP contribution in [-0.4, -0.2) is 39.7 Å². The lowest BCUT2D eigenvalue weighted by atomic mass is 9.97. The summed E-state index contributed by atoms with van der Waals surface area (Å²) in [6.07, 6.45) is 7.38. The summed E-state index contributed by atoms with van der Waals surface area (Å²) in [5, 5.41) is 20.5. The lowest BCUT2D eigenvalue weighted by Crippen LogP contribution is -2.32. The van der Waals surface area contributed by atoms with E-state index >= 15 is 0 Å². The van der Waals surface area contributed by atoms with Crippen molar-refractivity contribution < 1.29 is 4.79 Å². The van der Waals surface area contributed by atoms with Gasteiger partial charge < -0.3 is 15.5 Å². The van der Waals surface area contributed by atoms with E-state index in [9.17, 15) is 4.79 Å². The monoisotopic (exact) mass is 495 g/mol. The third kappa shape index (κ3) is 5.80. The molecular formula is C29H33N7O. The number of carbonyl (C=O) groups is 1. The summed E-state index contributed by atoms with van der Waals surface area (Å²) in [7, 11) is 2.14. The van der Waals surface area contributed by atoms with Crippen LogP contribution in [0.5, 0.6) is 0 Å². The Kier molecular flexibility index (Phi) is 7.44. The number of tetrazole rings is 1. The highest BCUT2D eigenvalue weighted by Crippen LogP contribution is 2.37. The van der Waals surface area contributed by atoms with Gasteiger partial charge in [0.15, 0.2) is 5.82 Å². The molecule has 0 aliphatic heterocycles. The van der Waals surface area contributed by atoms with E-state index in [4.69, 9.17) is 0 Å². The quantitative estimate of drug-likeness (QED) is 0.260. The van der Waals surface area contributed by atoms with Gasteiger partial charge in [0.25, 0.3) is 0 Å². The molecule has 8 nitrogen and oxygen atoms in total. The van der Waals surface area contributed by atoms with Crippen LogP contribution in [-0.2, 0) is 0 Å². The Bertz CT molecular complexity index is 1330. The van der Waals surface area contributed by atoms with Crippen LogP contribution in [0.1, 0.15) is 44.1 Å². The van der Waals surface area contributed by atoms with E-state index < -0.39 is 0 Å². The minimum atomic E-state index is -0.274. The molecule has 0 atom stereocenters. The van der Waals surface area contributed by atoms with Gasteiger partial charge in [0.2, 0.25) is 0 Å². The molecular weight excluding hydrogens is 462 g/mol. The van der Waals surface area contributed by atoms with Crippen LogP contribution in [0.4, 0.5) is 21.9 Å². The second-order valence-electron chi connectivity index (χ2n) is 9.73. The predicted molar refractivity (Wildman–Crippen MR) is 149 cm³/mol. The van der Waals surface area contributed by atoms with Crippen LogP contribution < -0.4 is 15.5 Å². The second kappa shape index (κ2) is 11.2. The molecule has 1 aliphatic carbocycles. The summed E-state index contributed by atoms with van der Waals surface area (Å²) in [5.74, 6) is 0.599. The van der Waals surface area contributed by atoms with E-state index in [0.717, 1.165) is 52.2 Å². The highest BCUT2D eigenvalue weighted by Gasteiger charge is 2.21.